The fourth-order valence-corrected chi connectivity index (χ4v) is 6.91. The average molecular weight is 763 g/mol. The summed E-state index contributed by atoms with van der Waals surface area (Å²) in [5.41, 5.74) is 3.58. The molecule has 2 aromatic heterocycles. The highest BCUT2D eigenvalue weighted by Gasteiger charge is 2.29. The molecule has 2 heterocycles. The van der Waals surface area contributed by atoms with Crippen molar-refractivity contribution in [3.63, 3.8) is 0 Å². The number of methoxy groups -OCH3 is 1. The second-order valence-corrected chi connectivity index (χ2v) is 15.6. The Morgan fingerprint density at radius 3 is 2.13 bits per heavy atom. The van der Waals surface area contributed by atoms with Gasteiger partial charge in [-0.2, -0.15) is 0 Å². The minimum atomic E-state index is -1.37. The van der Waals surface area contributed by atoms with Crippen LogP contribution in [0, 0.1) is 0 Å². The first kappa shape index (κ1) is 40.6. The molecule has 2 amide bonds. The predicted molar refractivity (Wildman–Crippen MR) is 217 cm³/mol. The van der Waals surface area contributed by atoms with Gasteiger partial charge in [-0.3, -0.25) is 9.59 Å². The second-order valence-electron chi connectivity index (χ2n) is 14.5. The molecule has 0 saturated carbocycles. The number of hydrogen-bond acceptors (Lipinski definition) is 8. The van der Waals surface area contributed by atoms with Gasteiger partial charge in [0.1, 0.15) is 17.5 Å². The third-order valence-electron chi connectivity index (χ3n) is 9.16. The molecule has 3 N–H and O–H groups in total. The number of carboxylic acids is 1. The van der Waals surface area contributed by atoms with Gasteiger partial charge in [0, 0.05) is 34.8 Å². The number of aliphatic carboxylic acids is 1. The van der Waals surface area contributed by atoms with Gasteiger partial charge in [-0.1, -0.05) is 102 Å². The Morgan fingerprint density at radius 1 is 0.800 bits per heavy atom. The number of nitrogens with one attached hydrogen (secondary N) is 2. The molecule has 55 heavy (non-hydrogen) atoms. The van der Waals surface area contributed by atoms with E-state index in [9.17, 15) is 19.5 Å². The van der Waals surface area contributed by atoms with E-state index in [4.69, 9.17) is 9.47 Å². The molecule has 0 saturated heterocycles. The molecule has 2 atom stereocenters. The number of benzene rings is 3. The van der Waals surface area contributed by atoms with E-state index in [1.807, 2.05) is 54.6 Å². The van der Waals surface area contributed by atoms with Crippen molar-refractivity contribution in [1.82, 2.24) is 20.6 Å². The molecule has 10 nitrogen and oxygen atoms in total. The molecule has 1 unspecified atom stereocenters. The molecule has 5 rings (SSSR count). The standard InChI is InChI=1S/C44H50N4O6S/c1-6-7-8-9-10-24-54-34-20-18-30(19-21-34)33-27-45-40(46-28-33)31-16-14-29(15-17-31)25-36(47-42(50)37-22-23-38(55-37)44(2,3)4)41(49)48-39(43(51)52)32-12-11-13-35(26-32)53-5/h11-23,26-28,36,39H,6-10,24-25H2,1-5H3,(H,47,50)(H,48,49)(H,51,52)/t36-,39?/m0/s1. The van der Waals surface area contributed by atoms with Gasteiger partial charge in [-0.15, -0.1) is 11.3 Å². The Bertz CT molecular complexity index is 2020. The predicted octanol–water partition coefficient (Wildman–Crippen LogP) is 8.81. The first-order valence-corrected chi connectivity index (χ1v) is 19.5. The van der Waals surface area contributed by atoms with E-state index in [1.54, 1.807) is 42.7 Å². The van der Waals surface area contributed by atoms with Gasteiger partial charge in [0.2, 0.25) is 5.91 Å². The van der Waals surface area contributed by atoms with E-state index in [-0.39, 0.29) is 11.8 Å². The van der Waals surface area contributed by atoms with Crippen LogP contribution in [-0.2, 0) is 21.4 Å². The summed E-state index contributed by atoms with van der Waals surface area (Å²) in [5, 5.41) is 15.6. The summed E-state index contributed by atoms with van der Waals surface area (Å²) in [6.07, 6.45) is 9.65. The lowest BCUT2D eigenvalue weighted by molar-refractivity contribution is -0.142. The van der Waals surface area contributed by atoms with Crippen molar-refractivity contribution in [3.05, 3.63) is 118 Å². The minimum Gasteiger partial charge on any atom is -0.497 e. The zero-order valence-electron chi connectivity index (χ0n) is 32.1. The quantitative estimate of drug-likeness (QED) is 0.0753. The minimum absolute atomic E-state index is 0.109. The highest BCUT2D eigenvalue weighted by atomic mass is 32.1. The van der Waals surface area contributed by atoms with Crippen molar-refractivity contribution in [2.45, 2.75) is 83.7 Å². The van der Waals surface area contributed by atoms with Crippen molar-refractivity contribution < 1.29 is 29.0 Å². The summed E-state index contributed by atoms with van der Waals surface area (Å²) in [5.74, 6) is -0.464. The lowest BCUT2D eigenvalue weighted by Crippen LogP contribution is -2.49. The highest BCUT2D eigenvalue weighted by Crippen LogP contribution is 2.30. The third-order valence-corrected chi connectivity index (χ3v) is 10.7. The normalized spacial score (nSPS) is 12.4. The van der Waals surface area contributed by atoms with Gasteiger partial charge in [-0.25, -0.2) is 14.8 Å². The molecule has 0 aliphatic rings. The lowest BCUT2D eigenvalue weighted by Gasteiger charge is -2.22. The molecular formula is C44H50N4O6S. The number of aromatic nitrogens is 2. The summed E-state index contributed by atoms with van der Waals surface area (Å²) in [4.78, 5) is 50.4. The molecule has 0 fully saturated rings. The van der Waals surface area contributed by atoms with Gasteiger partial charge in [-0.05, 0) is 64.9 Å². The summed E-state index contributed by atoms with van der Waals surface area (Å²) < 4.78 is 11.2. The first-order valence-electron chi connectivity index (χ1n) is 18.7. The Labute approximate surface area is 327 Å². The number of hydrogen-bond donors (Lipinski definition) is 3. The van der Waals surface area contributed by atoms with Crippen LogP contribution in [0.3, 0.4) is 0 Å². The third kappa shape index (κ3) is 11.5. The largest absolute Gasteiger partial charge is 0.497 e. The number of unbranched alkanes of at least 4 members (excludes halogenated alkanes) is 4. The van der Waals surface area contributed by atoms with Crippen molar-refractivity contribution in [2.24, 2.45) is 0 Å². The maximum Gasteiger partial charge on any atom is 0.330 e. The first-order chi connectivity index (χ1) is 26.4. The Kier molecular flexibility index (Phi) is 14.2. The lowest BCUT2D eigenvalue weighted by atomic mass is 9.95. The summed E-state index contributed by atoms with van der Waals surface area (Å²) >= 11 is 1.36. The zero-order chi connectivity index (χ0) is 39.4. The van der Waals surface area contributed by atoms with Crippen LogP contribution in [0.5, 0.6) is 11.5 Å². The van der Waals surface area contributed by atoms with Crippen LogP contribution >= 0.6 is 11.3 Å². The molecule has 288 valence electrons. The number of carbonyl (C=O) groups is 3. The fourth-order valence-electron chi connectivity index (χ4n) is 5.94. The SMILES string of the molecule is CCCCCCCOc1ccc(-c2cnc(-c3ccc(C[C@H](NC(=O)c4ccc(C(C)(C)C)s4)C(=O)NC(C(=O)O)c4cccc(OC)c4)cc3)nc2)cc1. The fraction of sp³-hybridized carbons (Fsp3) is 0.341. The van der Waals surface area contributed by atoms with E-state index < -0.39 is 29.9 Å². The van der Waals surface area contributed by atoms with E-state index in [2.05, 4.69) is 48.3 Å². The van der Waals surface area contributed by atoms with Crippen molar-refractivity contribution in [3.8, 4) is 34.0 Å². The Balaban J connectivity index is 1.28. The van der Waals surface area contributed by atoms with Crippen LogP contribution in [0.4, 0.5) is 0 Å². The van der Waals surface area contributed by atoms with Crippen molar-refractivity contribution >= 4 is 29.1 Å². The van der Waals surface area contributed by atoms with Crippen LogP contribution in [0.2, 0.25) is 0 Å². The number of amides is 2. The maximum atomic E-state index is 13.8. The molecule has 0 spiro atoms. The highest BCUT2D eigenvalue weighted by molar-refractivity contribution is 7.14. The maximum absolute atomic E-state index is 13.8. The van der Waals surface area contributed by atoms with Crippen LogP contribution in [0.15, 0.2) is 97.3 Å². The zero-order valence-corrected chi connectivity index (χ0v) is 32.9. The van der Waals surface area contributed by atoms with E-state index in [1.165, 1.54) is 44.1 Å². The number of carboxylic acid groups (broad SMARTS) is 1. The van der Waals surface area contributed by atoms with Gasteiger partial charge in [0.25, 0.3) is 5.91 Å². The van der Waals surface area contributed by atoms with Gasteiger partial charge in [0.05, 0.1) is 18.6 Å². The van der Waals surface area contributed by atoms with Crippen LogP contribution < -0.4 is 20.1 Å². The second kappa shape index (κ2) is 19.2. The molecular weight excluding hydrogens is 713 g/mol. The Morgan fingerprint density at radius 2 is 1.49 bits per heavy atom. The summed E-state index contributed by atoms with van der Waals surface area (Å²) in [7, 11) is 1.48. The number of rotatable bonds is 18. The molecule has 5 aromatic rings. The summed E-state index contributed by atoms with van der Waals surface area (Å²) in [6.45, 7) is 9.12. The topological polar surface area (TPSA) is 140 Å². The summed E-state index contributed by atoms with van der Waals surface area (Å²) in [6, 6.07) is 23.1. The Hall–Kier alpha value is -5.55. The molecule has 3 aromatic carbocycles. The number of carbonyl (C=O) groups excluding carboxylic acids is 2. The number of ether oxygens (including phenoxy) is 2. The van der Waals surface area contributed by atoms with Gasteiger partial charge < -0.3 is 25.2 Å². The molecule has 0 bridgehead atoms. The number of thiophene rings is 1. The van der Waals surface area contributed by atoms with Crippen LogP contribution in [0.1, 0.15) is 91.5 Å². The van der Waals surface area contributed by atoms with Gasteiger partial charge in [0.15, 0.2) is 11.9 Å². The van der Waals surface area contributed by atoms with Crippen LogP contribution in [0.25, 0.3) is 22.5 Å². The van der Waals surface area contributed by atoms with Gasteiger partial charge >= 0.3 is 5.97 Å². The smallest absolute Gasteiger partial charge is 0.330 e. The molecule has 0 aliphatic heterocycles. The molecule has 0 aliphatic carbocycles. The molecule has 0 radical (unpaired) electrons. The average Bonchev–Trinajstić information content (AvgIpc) is 3.71. The number of nitrogens with zero attached hydrogens (tertiary/aromatic N) is 2. The van der Waals surface area contributed by atoms with E-state index in [0.717, 1.165) is 39.3 Å². The van der Waals surface area contributed by atoms with E-state index in [0.29, 0.717) is 28.6 Å². The van der Waals surface area contributed by atoms with Crippen molar-refractivity contribution in [1.29, 1.82) is 0 Å². The monoisotopic (exact) mass is 762 g/mol. The van der Waals surface area contributed by atoms with Crippen LogP contribution in [-0.4, -0.2) is 52.6 Å². The van der Waals surface area contributed by atoms with E-state index >= 15 is 0 Å². The van der Waals surface area contributed by atoms with Crippen molar-refractivity contribution in [2.75, 3.05) is 13.7 Å². The molecule has 11 heteroatoms.